The number of amides is 1. The van der Waals surface area contributed by atoms with Crippen molar-refractivity contribution in [3.63, 3.8) is 0 Å². The summed E-state index contributed by atoms with van der Waals surface area (Å²) in [5.74, 6) is 0.945. The quantitative estimate of drug-likeness (QED) is 0.909. The molecule has 1 aromatic heterocycles. The summed E-state index contributed by atoms with van der Waals surface area (Å²) in [7, 11) is 0. The highest BCUT2D eigenvalue weighted by atomic mass is 16.2. The predicted molar refractivity (Wildman–Crippen MR) is 77.1 cm³/mol. The SMILES string of the molecule is Cc1cccc(N[C@H](C)C(=O)N2CCCC[C@@H]2C)n1. The van der Waals surface area contributed by atoms with E-state index in [-0.39, 0.29) is 11.9 Å². The molecule has 19 heavy (non-hydrogen) atoms. The van der Waals surface area contributed by atoms with Crippen LogP contribution < -0.4 is 5.32 Å². The van der Waals surface area contributed by atoms with Crippen LogP contribution in [0.2, 0.25) is 0 Å². The van der Waals surface area contributed by atoms with Gasteiger partial charge in [0.2, 0.25) is 5.91 Å². The number of nitrogens with zero attached hydrogens (tertiary/aromatic N) is 2. The van der Waals surface area contributed by atoms with Crippen molar-refractivity contribution < 1.29 is 4.79 Å². The van der Waals surface area contributed by atoms with Crippen LogP contribution in [0, 0.1) is 6.92 Å². The maximum Gasteiger partial charge on any atom is 0.245 e. The minimum atomic E-state index is -0.227. The molecule has 1 N–H and O–H groups in total. The monoisotopic (exact) mass is 261 g/mol. The summed E-state index contributed by atoms with van der Waals surface area (Å²) in [5, 5.41) is 3.20. The smallest absolute Gasteiger partial charge is 0.245 e. The fourth-order valence-electron chi connectivity index (χ4n) is 2.58. The Balaban J connectivity index is 1.99. The van der Waals surface area contributed by atoms with Crippen LogP contribution in [-0.2, 0) is 4.79 Å². The van der Waals surface area contributed by atoms with E-state index >= 15 is 0 Å². The number of carbonyl (C=O) groups is 1. The number of carbonyl (C=O) groups excluding carboxylic acids is 1. The zero-order valence-electron chi connectivity index (χ0n) is 12.0. The number of aromatic nitrogens is 1. The van der Waals surface area contributed by atoms with Crippen LogP contribution in [0.5, 0.6) is 0 Å². The Hall–Kier alpha value is -1.58. The summed E-state index contributed by atoms with van der Waals surface area (Å²) < 4.78 is 0. The lowest BCUT2D eigenvalue weighted by atomic mass is 10.0. The molecule has 0 spiro atoms. The zero-order valence-corrected chi connectivity index (χ0v) is 12.0. The lowest BCUT2D eigenvalue weighted by Gasteiger charge is -2.35. The zero-order chi connectivity index (χ0) is 13.8. The second-order valence-corrected chi connectivity index (χ2v) is 5.41. The first-order chi connectivity index (χ1) is 9.08. The minimum absolute atomic E-state index is 0.176. The van der Waals surface area contributed by atoms with Gasteiger partial charge < -0.3 is 10.2 Å². The maximum atomic E-state index is 12.4. The molecule has 1 fully saturated rings. The maximum absolute atomic E-state index is 12.4. The molecule has 0 bridgehead atoms. The highest BCUT2D eigenvalue weighted by Crippen LogP contribution is 2.18. The van der Waals surface area contributed by atoms with Gasteiger partial charge in [-0.3, -0.25) is 4.79 Å². The van der Waals surface area contributed by atoms with Gasteiger partial charge in [-0.25, -0.2) is 4.98 Å². The lowest BCUT2D eigenvalue weighted by molar-refractivity contribution is -0.134. The first-order valence-corrected chi connectivity index (χ1v) is 7.08. The van der Waals surface area contributed by atoms with Gasteiger partial charge in [-0.2, -0.15) is 0 Å². The summed E-state index contributed by atoms with van der Waals surface area (Å²) in [6.07, 6.45) is 3.46. The molecule has 0 aliphatic carbocycles. The van der Waals surface area contributed by atoms with Gasteiger partial charge in [0.1, 0.15) is 11.9 Å². The Labute approximate surface area is 115 Å². The van der Waals surface area contributed by atoms with Crippen molar-refractivity contribution in [2.24, 2.45) is 0 Å². The van der Waals surface area contributed by atoms with Crippen LogP contribution in [0.25, 0.3) is 0 Å². The molecule has 4 heteroatoms. The summed E-state index contributed by atoms with van der Waals surface area (Å²) in [6, 6.07) is 5.93. The van der Waals surface area contributed by atoms with E-state index in [2.05, 4.69) is 17.2 Å². The van der Waals surface area contributed by atoms with Crippen molar-refractivity contribution in [1.29, 1.82) is 0 Å². The van der Waals surface area contributed by atoms with E-state index in [9.17, 15) is 4.79 Å². The van der Waals surface area contributed by atoms with Crippen molar-refractivity contribution in [2.75, 3.05) is 11.9 Å². The van der Waals surface area contributed by atoms with E-state index in [1.165, 1.54) is 6.42 Å². The van der Waals surface area contributed by atoms with E-state index in [0.717, 1.165) is 30.9 Å². The molecule has 0 saturated carbocycles. The molecule has 4 nitrogen and oxygen atoms in total. The molecule has 1 aromatic rings. The van der Waals surface area contributed by atoms with Crippen molar-refractivity contribution in [3.8, 4) is 0 Å². The number of hydrogen-bond acceptors (Lipinski definition) is 3. The third-order valence-corrected chi connectivity index (χ3v) is 3.71. The number of pyridine rings is 1. The van der Waals surface area contributed by atoms with Gasteiger partial charge in [0, 0.05) is 18.3 Å². The molecular formula is C15H23N3O. The summed E-state index contributed by atoms with van der Waals surface area (Å²) in [6.45, 7) is 6.88. The van der Waals surface area contributed by atoms with E-state index in [1.807, 2.05) is 36.9 Å². The normalized spacial score (nSPS) is 21.0. The molecule has 0 unspecified atom stereocenters. The van der Waals surface area contributed by atoms with Crippen molar-refractivity contribution in [3.05, 3.63) is 23.9 Å². The number of anilines is 1. The van der Waals surface area contributed by atoms with Gasteiger partial charge in [-0.05, 0) is 52.2 Å². The fourth-order valence-corrected chi connectivity index (χ4v) is 2.58. The Morgan fingerprint density at radius 2 is 2.26 bits per heavy atom. The molecule has 104 valence electrons. The van der Waals surface area contributed by atoms with Gasteiger partial charge in [-0.1, -0.05) is 6.07 Å². The molecule has 1 aliphatic rings. The standard InChI is InChI=1S/C15H23N3O/c1-11-7-6-9-14(16-11)17-13(3)15(19)18-10-5-4-8-12(18)2/h6-7,9,12-13H,4-5,8,10H2,1-3H3,(H,16,17)/t12-,13+/m0/s1. The van der Waals surface area contributed by atoms with Gasteiger partial charge in [0.15, 0.2) is 0 Å². The fraction of sp³-hybridized carbons (Fsp3) is 0.600. The third-order valence-electron chi connectivity index (χ3n) is 3.71. The first-order valence-electron chi connectivity index (χ1n) is 7.08. The van der Waals surface area contributed by atoms with Gasteiger partial charge >= 0.3 is 0 Å². The summed E-state index contributed by atoms with van der Waals surface area (Å²) in [5.41, 5.74) is 0.955. The Morgan fingerprint density at radius 3 is 2.95 bits per heavy atom. The third kappa shape index (κ3) is 3.46. The van der Waals surface area contributed by atoms with Crippen LogP contribution in [0.1, 0.15) is 38.8 Å². The summed E-state index contributed by atoms with van der Waals surface area (Å²) in [4.78, 5) is 18.8. The molecule has 1 aliphatic heterocycles. The van der Waals surface area contributed by atoms with Crippen LogP contribution >= 0.6 is 0 Å². The first kappa shape index (κ1) is 13.8. The number of piperidine rings is 1. The number of rotatable bonds is 3. The Morgan fingerprint density at radius 1 is 1.47 bits per heavy atom. The molecule has 2 heterocycles. The molecule has 1 amide bonds. The minimum Gasteiger partial charge on any atom is -0.359 e. The highest BCUT2D eigenvalue weighted by molar-refractivity contribution is 5.84. The topological polar surface area (TPSA) is 45.2 Å². The van der Waals surface area contributed by atoms with E-state index in [4.69, 9.17) is 0 Å². The Kier molecular flexibility index (Phi) is 4.40. The molecule has 0 aromatic carbocycles. The molecule has 0 radical (unpaired) electrons. The largest absolute Gasteiger partial charge is 0.359 e. The van der Waals surface area contributed by atoms with Crippen LogP contribution in [0.4, 0.5) is 5.82 Å². The van der Waals surface area contributed by atoms with Gasteiger partial charge in [-0.15, -0.1) is 0 Å². The van der Waals surface area contributed by atoms with Gasteiger partial charge in [0.25, 0.3) is 0 Å². The number of nitrogens with one attached hydrogen (secondary N) is 1. The lowest BCUT2D eigenvalue weighted by Crippen LogP contribution is -2.48. The molecule has 2 atom stereocenters. The van der Waals surface area contributed by atoms with Crippen molar-refractivity contribution >= 4 is 11.7 Å². The second kappa shape index (κ2) is 6.04. The van der Waals surface area contributed by atoms with E-state index < -0.39 is 0 Å². The van der Waals surface area contributed by atoms with Crippen molar-refractivity contribution in [1.82, 2.24) is 9.88 Å². The Bertz CT molecular complexity index is 447. The second-order valence-electron chi connectivity index (χ2n) is 5.41. The average molecular weight is 261 g/mol. The van der Waals surface area contributed by atoms with Crippen molar-refractivity contribution in [2.45, 2.75) is 52.1 Å². The highest BCUT2D eigenvalue weighted by Gasteiger charge is 2.26. The predicted octanol–water partition coefficient (Wildman–Crippen LogP) is 2.59. The van der Waals surface area contributed by atoms with Gasteiger partial charge in [0.05, 0.1) is 0 Å². The number of hydrogen-bond donors (Lipinski definition) is 1. The number of aryl methyl sites for hydroxylation is 1. The van der Waals surface area contributed by atoms with Crippen LogP contribution in [0.15, 0.2) is 18.2 Å². The molecule has 1 saturated heterocycles. The van der Waals surface area contributed by atoms with E-state index in [1.54, 1.807) is 0 Å². The summed E-state index contributed by atoms with van der Waals surface area (Å²) >= 11 is 0. The average Bonchev–Trinajstić information content (AvgIpc) is 2.38. The molecule has 2 rings (SSSR count). The van der Waals surface area contributed by atoms with Crippen LogP contribution in [0.3, 0.4) is 0 Å². The van der Waals surface area contributed by atoms with E-state index in [0.29, 0.717) is 6.04 Å². The van der Waals surface area contributed by atoms with Crippen LogP contribution in [-0.4, -0.2) is 34.4 Å². The molecular weight excluding hydrogens is 238 g/mol. The number of likely N-dealkylation sites (tertiary alicyclic amines) is 1.